The SMILES string of the molecule is CCN(C(=O)[C@H](C)[C@H](O)c1ccc(Cl)cc1)c1ccccc1. The first-order valence-corrected chi connectivity index (χ1v) is 7.72. The van der Waals surface area contributed by atoms with Crippen LogP contribution in [0, 0.1) is 5.92 Å². The molecule has 2 rings (SSSR count). The zero-order valence-corrected chi connectivity index (χ0v) is 13.5. The Balaban J connectivity index is 2.18. The van der Waals surface area contributed by atoms with E-state index in [1.165, 1.54) is 0 Å². The van der Waals surface area contributed by atoms with Crippen LogP contribution in [0.1, 0.15) is 25.5 Å². The number of para-hydroxylation sites is 1. The quantitative estimate of drug-likeness (QED) is 0.903. The molecule has 1 amide bonds. The maximum absolute atomic E-state index is 12.7. The van der Waals surface area contributed by atoms with Crippen molar-refractivity contribution >= 4 is 23.2 Å². The van der Waals surface area contributed by atoms with Crippen molar-refractivity contribution in [1.82, 2.24) is 0 Å². The van der Waals surface area contributed by atoms with Crippen LogP contribution in [0.5, 0.6) is 0 Å². The average molecular weight is 318 g/mol. The number of rotatable bonds is 5. The van der Waals surface area contributed by atoms with Gasteiger partial charge in [-0.15, -0.1) is 0 Å². The lowest BCUT2D eigenvalue weighted by atomic mass is 9.96. The van der Waals surface area contributed by atoms with E-state index in [1.54, 1.807) is 36.1 Å². The van der Waals surface area contributed by atoms with Crippen LogP contribution in [0.25, 0.3) is 0 Å². The van der Waals surface area contributed by atoms with Gasteiger partial charge in [0.25, 0.3) is 0 Å². The molecule has 0 aliphatic heterocycles. The maximum Gasteiger partial charge on any atom is 0.232 e. The van der Waals surface area contributed by atoms with Gasteiger partial charge in [-0.3, -0.25) is 4.79 Å². The first-order valence-electron chi connectivity index (χ1n) is 7.34. The Labute approximate surface area is 136 Å². The molecule has 4 heteroatoms. The molecule has 0 radical (unpaired) electrons. The average Bonchev–Trinajstić information content (AvgIpc) is 2.56. The summed E-state index contributed by atoms with van der Waals surface area (Å²) in [6.07, 6.45) is -0.859. The van der Waals surface area contributed by atoms with Gasteiger partial charge in [-0.25, -0.2) is 0 Å². The van der Waals surface area contributed by atoms with E-state index in [-0.39, 0.29) is 5.91 Å². The highest BCUT2D eigenvalue weighted by Crippen LogP contribution is 2.26. The molecular weight excluding hydrogens is 298 g/mol. The smallest absolute Gasteiger partial charge is 0.232 e. The topological polar surface area (TPSA) is 40.5 Å². The first kappa shape index (κ1) is 16.5. The van der Waals surface area contributed by atoms with Gasteiger partial charge in [-0.2, -0.15) is 0 Å². The summed E-state index contributed by atoms with van der Waals surface area (Å²) in [5, 5.41) is 11.1. The van der Waals surface area contributed by atoms with E-state index in [0.717, 1.165) is 5.69 Å². The van der Waals surface area contributed by atoms with Crippen molar-refractivity contribution in [3.05, 3.63) is 65.2 Å². The number of carbonyl (C=O) groups excluding carboxylic acids is 1. The molecule has 2 aromatic carbocycles. The summed E-state index contributed by atoms with van der Waals surface area (Å²) < 4.78 is 0. The van der Waals surface area contributed by atoms with Crippen LogP contribution in [0.4, 0.5) is 5.69 Å². The minimum atomic E-state index is -0.859. The van der Waals surface area contributed by atoms with Crippen molar-refractivity contribution in [1.29, 1.82) is 0 Å². The van der Waals surface area contributed by atoms with E-state index in [4.69, 9.17) is 11.6 Å². The highest BCUT2D eigenvalue weighted by atomic mass is 35.5. The van der Waals surface area contributed by atoms with Gasteiger partial charge in [0.05, 0.1) is 12.0 Å². The molecular formula is C18H20ClNO2. The van der Waals surface area contributed by atoms with Crippen LogP contribution in [0.2, 0.25) is 5.02 Å². The van der Waals surface area contributed by atoms with Gasteiger partial charge in [-0.05, 0) is 36.8 Å². The number of carbonyl (C=O) groups is 1. The lowest BCUT2D eigenvalue weighted by molar-refractivity contribution is -0.125. The minimum Gasteiger partial charge on any atom is -0.388 e. The molecule has 2 aromatic rings. The van der Waals surface area contributed by atoms with Gasteiger partial charge in [0, 0.05) is 17.3 Å². The highest BCUT2D eigenvalue weighted by molar-refractivity contribution is 6.30. The molecule has 0 spiro atoms. The summed E-state index contributed by atoms with van der Waals surface area (Å²) in [7, 11) is 0. The number of anilines is 1. The molecule has 22 heavy (non-hydrogen) atoms. The van der Waals surface area contributed by atoms with Gasteiger partial charge in [0.15, 0.2) is 0 Å². The molecule has 116 valence electrons. The molecule has 0 saturated heterocycles. The zero-order valence-electron chi connectivity index (χ0n) is 12.7. The fraction of sp³-hybridized carbons (Fsp3) is 0.278. The number of benzene rings is 2. The molecule has 0 saturated carbocycles. The third kappa shape index (κ3) is 3.67. The standard InChI is InChI=1S/C18H20ClNO2/c1-3-20(16-7-5-4-6-8-16)18(22)13(2)17(21)14-9-11-15(19)12-10-14/h4-13,17,21H,3H2,1-2H3/t13-,17+/m1/s1. The summed E-state index contributed by atoms with van der Waals surface area (Å²) in [5.41, 5.74) is 1.53. The predicted octanol–water partition coefficient (Wildman–Crippen LogP) is 4.06. The first-order chi connectivity index (χ1) is 10.5. The molecule has 0 unspecified atom stereocenters. The van der Waals surface area contributed by atoms with Crippen LogP contribution < -0.4 is 4.90 Å². The monoisotopic (exact) mass is 317 g/mol. The van der Waals surface area contributed by atoms with Crippen LogP contribution in [0.3, 0.4) is 0 Å². The molecule has 0 aliphatic rings. The van der Waals surface area contributed by atoms with E-state index >= 15 is 0 Å². The van der Waals surface area contributed by atoms with Crippen molar-refractivity contribution in [2.75, 3.05) is 11.4 Å². The van der Waals surface area contributed by atoms with Crippen molar-refractivity contribution < 1.29 is 9.90 Å². The number of nitrogens with zero attached hydrogens (tertiary/aromatic N) is 1. The highest BCUT2D eigenvalue weighted by Gasteiger charge is 2.27. The lowest BCUT2D eigenvalue weighted by Gasteiger charge is -2.27. The predicted molar refractivity (Wildman–Crippen MR) is 90.0 cm³/mol. The Kier molecular flexibility index (Phi) is 5.58. The number of amides is 1. The molecule has 3 nitrogen and oxygen atoms in total. The Bertz CT molecular complexity index is 613. The van der Waals surface area contributed by atoms with Crippen LogP contribution in [-0.2, 0) is 4.79 Å². The maximum atomic E-state index is 12.7. The van der Waals surface area contributed by atoms with Crippen LogP contribution in [0.15, 0.2) is 54.6 Å². The Morgan fingerprint density at radius 3 is 2.27 bits per heavy atom. The number of aliphatic hydroxyl groups excluding tert-OH is 1. The van der Waals surface area contributed by atoms with E-state index in [1.807, 2.05) is 37.3 Å². The Morgan fingerprint density at radius 1 is 1.14 bits per heavy atom. The fourth-order valence-corrected chi connectivity index (χ4v) is 2.53. The molecule has 1 N–H and O–H groups in total. The summed E-state index contributed by atoms with van der Waals surface area (Å²) in [6.45, 7) is 4.22. The van der Waals surface area contributed by atoms with Gasteiger partial charge in [-0.1, -0.05) is 48.9 Å². The van der Waals surface area contributed by atoms with Gasteiger partial charge < -0.3 is 10.0 Å². The second-order valence-electron chi connectivity index (χ2n) is 5.20. The summed E-state index contributed by atoms with van der Waals surface area (Å²) in [6, 6.07) is 16.4. The summed E-state index contributed by atoms with van der Waals surface area (Å²) in [5.74, 6) is -0.641. The number of aliphatic hydroxyl groups is 1. The number of hydrogen-bond donors (Lipinski definition) is 1. The number of hydrogen-bond acceptors (Lipinski definition) is 2. The Morgan fingerprint density at radius 2 is 1.73 bits per heavy atom. The van der Waals surface area contributed by atoms with Gasteiger partial charge in [0.2, 0.25) is 5.91 Å². The molecule has 2 atom stereocenters. The Hall–Kier alpha value is -1.84. The van der Waals surface area contributed by atoms with Crippen LogP contribution in [-0.4, -0.2) is 17.6 Å². The number of halogens is 1. The molecule has 0 aromatic heterocycles. The summed E-state index contributed by atoms with van der Waals surface area (Å²) >= 11 is 5.85. The van der Waals surface area contributed by atoms with Crippen molar-refractivity contribution in [2.24, 2.45) is 5.92 Å². The summed E-state index contributed by atoms with van der Waals surface area (Å²) in [4.78, 5) is 14.4. The van der Waals surface area contributed by atoms with Crippen molar-refractivity contribution in [3.63, 3.8) is 0 Å². The molecule has 0 bridgehead atoms. The van der Waals surface area contributed by atoms with Crippen molar-refractivity contribution in [2.45, 2.75) is 20.0 Å². The largest absolute Gasteiger partial charge is 0.388 e. The van der Waals surface area contributed by atoms with Gasteiger partial charge >= 0.3 is 0 Å². The van der Waals surface area contributed by atoms with Crippen molar-refractivity contribution in [3.8, 4) is 0 Å². The molecule has 0 heterocycles. The third-order valence-corrected chi connectivity index (χ3v) is 3.98. The zero-order chi connectivity index (χ0) is 16.1. The van der Waals surface area contributed by atoms with Gasteiger partial charge in [0.1, 0.15) is 0 Å². The fourth-order valence-electron chi connectivity index (χ4n) is 2.40. The molecule has 0 aliphatic carbocycles. The van der Waals surface area contributed by atoms with E-state index in [2.05, 4.69) is 0 Å². The lowest BCUT2D eigenvalue weighted by Crippen LogP contribution is -2.37. The second kappa shape index (κ2) is 7.43. The molecule has 0 fully saturated rings. The van der Waals surface area contributed by atoms with E-state index in [9.17, 15) is 9.90 Å². The van der Waals surface area contributed by atoms with E-state index < -0.39 is 12.0 Å². The third-order valence-electron chi connectivity index (χ3n) is 3.72. The normalized spacial score (nSPS) is 13.5. The van der Waals surface area contributed by atoms with E-state index in [0.29, 0.717) is 17.1 Å². The minimum absolute atomic E-state index is 0.101. The second-order valence-corrected chi connectivity index (χ2v) is 5.64. The van der Waals surface area contributed by atoms with Crippen LogP contribution >= 0.6 is 11.6 Å².